The van der Waals surface area contributed by atoms with Gasteiger partial charge in [-0.2, -0.15) is 0 Å². The molecule has 1 fully saturated rings. The lowest BCUT2D eigenvalue weighted by atomic mass is 10.1. The molecule has 0 saturated carbocycles. The number of nitrogens with one attached hydrogen (secondary N) is 1. The molecule has 5 heteroatoms. The first kappa shape index (κ1) is 16.3. The molecular weight excluding hydrogens is 272 g/mol. The van der Waals surface area contributed by atoms with Crippen LogP contribution in [0.25, 0.3) is 0 Å². The second-order valence-corrected chi connectivity index (χ2v) is 5.72. The van der Waals surface area contributed by atoms with Gasteiger partial charge in [-0.1, -0.05) is 24.3 Å². The van der Waals surface area contributed by atoms with E-state index in [1.165, 1.54) is 12.1 Å². The molecule has 0 radical (unpaired) electrons. The SMILES string of the molecule is CN1CCN(CCCNCc2ccc(C(F)F)cc2)CC1. The fourth-order valence-electron chi connectivity index (χ4n) is 2.51. The van der Waals surface area contributed by atoms with Gasteiger partial charge in [0.25, 0.3) is 6.43 Å². The number of likely N-dealkylation sites (N-methyl/N-ethyl adjacent to an activating group) is 1. The zero-order chi connectivity index (χ0) is 15.1. The van der Waals surface area contributed by atoms with E-state index in [1.54, 1.807) is 12.1 Å². The van der Waals surface area contributed by atoms with E-state index in [0.29, 0.717) is 0 Å². The van der Waals surface area contributed by atoms with Gasteiger partial charge in [0.15, 0.2) is 0 Å². The average Bonchev–Trinajstić information content (AvgIpc) is 2.49. The van der Waals surface area contributed by atoms with E-state index in [0.717, 1.165) is 57.8 Å². The molecule has 0 spiro atoms. The van der Waals surface area contributed by atoms with Crippen LogP contribution in [-0.4, -0.2) is 56.1 Å². The second-order valence-electron chi connectivity index (χ2n) is 5.72. The third-order valence-electron chi connectivity index (χ3n) is 3.98. The van der Waals surface area contributed by atoms with Gasteiger partial charge in [0.1, 0.15) is 0 Å². The van der Waals surface area contributed by atoms with Gasteiger partial charge in [-0.25, -0.2) is 8.78 Å². The number of hydrogen-bond donors (Lipinski definition) is 1. The Hall–Kier alpha value is -1.04. The fraction of sp³-hybridized carbons (Fsp3) is 0.625. The fourth-order valence-corrected chi connectivity index (χ4v) is 2.51. The van der Waals surface area contributed by atoms with Crippen LogP contribution in [0.4, 0.5) is 8.78 Å². The van der Waals surface area contributed by atoms with Gasteiger partial charge in [0.05, 0.1) is 0 Å². The molecule has 1 heterocycles. The van der Waals surface area contributed by atoms with Crippen molar-refractivity contribution in [1.29, 1.82) is 0 Å². The molecule has 1 aromatic rings. The molecule has 2 rings (SSSR count). The minimum atomic E-state index is -2.38. The van der Waals surface area contributed by atoms with E-state index in [9.17, 15) is 8.78 Å². The van der Waals surface area contributed by atoms with Crippen LogP contribution < -0.4 is 5.32 Å². The van der Waals surface area contributed by atoms with Crippen molar-refractivity contribution in [3.8, 4) is 0 Å². The minimum Gasteiger partial charge on any atom is -0.313 e. The molecule has 0 unspecified atom stereocenters. The summed E-state index contributed by atoms with van der Waals surface area (Å²) in [7, 11) is 2.16. The van der Waals surface area contributed by atoms with Crippen LogP contribution in [0.2, 0.25) is 0 Å². The molecule has 0 amide bonds. The van der Waals surface area contributed by atoms with Gasteiger partial charge in [-0.05, 0) is 32.1 Å². The smallest absolute Gasteiger partial charge is 0.263 e. The van der Waals surface area contributed by atoms with Crippen molar-refractivity contribution in [1.82, 2.24) is 15.1 Å². The van der Waals surface area contributed by atoms with E-state index in [1.807, 2.05) is 0 Å². The summed E-state index contributed by atoms with van der Waals surface area (Å²) in [5.74, 6) is 0. The highest BCUT2D eigenvalue weighted by atomic mass is 19.3. The first-order valence-corrected chi connectivity index (χ1v) is 7.64. The highest BCUT2D eigenvalue weighted by molar-refractivity contribution is 5.23. The molecule has 118 valence electrons. The van der Waals surface area contributed by atoms with Crippen molar-refractivity contribution in [3.63, 3.8) is 0 Å². The highest BCUT2D eigenvalue weighted by Gasteiger charge is 2.12. The van der Waals surface area contributed by atoms with Crippen LogP contribution in [0.1, 0.15) is 24.0 Å². The predicted octanol–water partition coefficient (Wildman–Crippen LogP) is 2.35. The third kappa shape index (κ3) is 5.69. The lowest BCUT2D eigenvalue weighted by Gasteiger charge is -2.32. The summed E-state index contributed by atoms with van der Waals surface area (Å²) in [6.45, 7) is 7.46. The molecule has 0 aliphatic carbocycles. The van der Waals surface area contributed by atoms with Crippen LogP contribution >= 0.6 is 0 Å². The maximum Gasteiger partial charge on any atom is 0.263 e. The Morgan fingerprint density at radius 3 is 2.38 bits per heavy atom. The first-order valence-electron chi connectivity index (χ1n) is 7.64. The molecule has 0 atom stereocenters. The summed E-state index contributed by atoms with van der Waals surface area (Å²) in [5, 5.41) is 3.37. The number of halogens is 2. The lowest BCUT2D eigenvalue weighted by Crippen LogP contribution is -2.45. The first-order chi connectivity index (χ1) is 10.1. The zero-order valence-corrected chi connectivity index (χ0v) is 12.7. The molecule has 1 aliphatic heterocycles. The number of hydrogen-bond acceptors (Lipinski definition) is 3. The monoisotopic (exact) mass is 297 g/mol. The largest absolute Gasteiger partial charge is 0.313 e. The van der Waals surface area contributed by atoms with Crippen molar-refractivity contribution in [2.24, 2.45) is 0 Å². The van der Waals surface area contributed by atoms with Crippen molar-refractivity contribution in [2.75, 3.05) is 46.3 Å². The summed E-state index contributed by atoms with van der Waals surface area (Å²) in [6.07, 6.45) is -1.26. The van der Waals surface area contributed by atoms with Crippen molar-refractivity contribution in [2.45, 2.75) is 19.4 Å². The summed E-state index contributed by atoms with van der Waals surface area (Å²) >= 11 is 0. The van der Waals surface area contributed by atoms with E-state index in [2.05, 4.69) is 22.2 Å². The maximum atomic E-state index is 12.4. The lowest BCUT2D eigenvalue weighted by molar-refractivity contribution is 0.151. The number of rotatable bonds is 7. The Morgan fingerprint density at radius 2 is 1.76 bits per heavy atom. The molecule has 1 N–H and O–H groups in total. The van der Waals surface area contributed by atoms with Crippen LogP contribution in [0, 0.1) is 0 Å². The summed E-state index contributed by atoms with van der Waals surface area (Å²) in [4.78, 5) is 4.86. The van der Waals surface area contributed by atoms with Crippen molar-refractivity contribution < 1.29 is 8.78 Å². The van der Waals surface area contributed by atoms with Crippen molar-refractivity contribution in [3.05, 3.63) is 35.4 Å². The van der Waals surface area contributed by atoms with Crippen LogP contribution in [-0.2, 0) is 6.54 Å². The number of piperazine rings is 1. The molecular formula is C16H25F2N3. The molecule has 3 nitrogen and oxygen atoms in total. The minimum absolute atomic E-state index is 0.0915. The van der Waals surface area contributed by atoms with E-state index < -0.39 is 6.43 Å². The van der Waals surface area contributed by atoms with Crippen LogP contribution in [0.15, 0.2) is 24.3 Å². The van der Waals surface area contributed by atoms with Crippen LogP contribution in [0.3, 0.4) is 0 Å². The Balaban J connectivity index is 1.57. The van der Waals surface area contributed by atoms with Gasteiger partial charge in [0, 0.05) is 38.3 Å². The third-order valence-corrected chi connectivity index (χ3v) is 3.98. The molecule has 1 saturated heterocycles. The summed E-state index contributed by atoms with van der Waals surface area (Å²) in [5.41, 5.74) is 1.15. The second kappa shape index (κ2) is 8.41. The van der Waals surface area contributed by atoms with Gasteiger partial charge in [0.2, 0.25) is 0 Å². The van der Waals surface area contributed by atoms with Crippen molar-refractivity contribution >= 4 is 0 Å². The predicted molar refractivity (Wildman–Crippen MR) is 81.7 cm³/mol. The molecule has 0 aromatic heterocycles. The Bertz CT molecular complexity index is 400. The number of nitrogens with zero attached hydrogens (tertiary/aromatic N) is 2. The summed E-state index contributed by atoms with van der Waals surface area (Å²) < 4.78 is 24.9. The van der Waals surface area contributed by atoms with E-state index in [4.69, 9.17) is 0 Å². The normalized spacial score (nSPS) is 17.5. The molecule has 1 aliphatic rings. The Labute approximate surface area is 125 Å². The Kier molecular flexibility index (Phi) is 6.54. The molecule has 1 aromatic carbocycles. The van der Waals surface area contributed by atoms with Gasteiger partial charge in [-0.3, -0.25) is 0 Å². The quantitative estimate of drug-likeness (QED) is 0.780. The average molecular weight is 297 g/mol. The molecule has 21 heavy (non-hydrogen) atoms. The highest BCUT2D eigenvalue weighted by Crippen LogP contribution is 2.18. The maximum absolute atomic E-state index is 12.4. The number of benzene rings is 1. The van der Waals surface area contributed by atoms with Crippen LogP contribution in [0.5, 0.6) is 0 Å². The standard InChI is InChI=1S/C16H25F2N3/c1-20-9-11-21(12-10-20)8-2-7-19-13-14-3-5-15(6-4-14)16(17)18/h3-6,16,19H,2,7-13H2,1H3. The van der Waals surface area contributed by atoms with Gasteiger partial charge in [-0.15, -0.1) is 0 Å². The van der Waals surface area contributed by atoms with Gasteiger partial charge >= 0.3 is 0 Å². The Morgan fingerprint density at radius 1 is 1.10 bits per heavy atom. The summed E-state index contributed by atoms with van der Waals surface area (Å²) in [6, 6.07) is 6.56. The van der Waals surface area contributed by atoms with E-state index >= 15 is 0 Å². The topological polar surface area (TPSA) is 18.5 Å². The number of alkyl halides is 2. The van der Waals surface area contributed by atoms with E-state index in [-0.39, 0.29) is 5.56 Å². The van der Waals surface area contributed by atoms with Gasteiger partial charge < -0.3 is 15.1 Å². The molecule has 0 bridgehead atoms. The zero-order valence-electron chi connectivity index (χ0n) is 12.7.